The Kier molecular flexibility index (Phi) is 6.58. The first-order valence-electron chi connectivity index (χ1n) is 15.4. The molecule has 0 amide bonds. The SMILES string of the molecule is c1ccc(-c2nc(-c3ccccc3)nc(-c3cccc(-c4ccc5ccc(-c6nccc7sc8ccccc8c67)nc5c4)c3)n2)cc1. The van der Waals surface area contributed by atoms with E-state index >= 15 is 0 Å². The van der Waals surface area contributed by atoms with Crippen LogP contribution in [0.3, 0.4) is 0 Å². The Morgan fingerprint density at radius 1 is 0.426 bits per heavy atom. The Labute approximate surface area is 275 Å². The molecule has 0 saturated heterocycles. The lowest BCUT2D eigenvalue weighted by atomic mass is 10.0. The van der Waals surface area contributed by atoms with Gasteiger partial charge in [0.25, 0.3) is 0 Å². The minimum atomic E-state index is 0.628. The summed E-state index contributed by atoms with van der Waals surface area (Å²) in [5, 5.41) is 3.45. The third-order valence-electron chi connectivity index (χ3n) is 8.38. The number of nitrogens with zero attached hydrogens (tertiary/aromatic N) is 5. The largest absolute Gasteiger partial charge is 0.254 e. The molecule has 0 atom stereocenters. The lowest BCUT2D eigenvalue weighted by Crippen LogP contribution is -2.00. The van der Waals surface area contributed by atoms with E-state index in [0.29, 0.717) is 17.5 Å². The number of fused-ring (bicyclic) bond motifs is 4. The van der Waals surface area contributed by atoms with Crippen LogP contribution < -0.4 is 0 Å². The molecular weight excluding hydrogens is 595 g/mol. The molecule has 47 heavy (non-hydrogen) atoms. The van der Waals surface area contributed by atoms with E-state index in [2.05, 4.69) is 84.9 Å². The van der Waals surface area contributed by atoms with Crippen LogP contribution >= 0.6 is 11.3 Å². The highest BCUT2D eigenvalue weighted by Gasteiger charge is 2.15. The number of rotatable bonds is 5. The topological polar surface area (TPSA) is 64.5 Å². The first kappa shape index (κ1) is 27.2. The lowest BCUT2D eigenvalue weighted by Gasteiger charge is -2.10. The van der Waals surface area contributed by atoms with E-state index < -0.39 is 0 Å². The van der Waals surface area contributed by atoms with Crippen LogP contribution in [0.1, 0.15) is 0 Å². The molecule has 0 aliphatic heterocycles. The summed E-state index contributed by atoms with van der Waals surface area (Å²) in [6.45, 7) is 0. The van der Waals surface area contributed by atoms with Crippen molar-refractivity contribution in [1.82, 2.24) is 24.9 Å². The highest BCUT2D eigenvalue weighted by atomic mass is 32.1. The Morgan fingerprint density at radius 2 is 1.04 bits per heavy atom. The molecule has 0 radical (unpaired) electrons. The molecule has 0 fully saturated rings. The van der Waals surface area contributed by atoms with Gasteiger partial charge in [0.2, 0.25) is 0 Å². The van der Waals surface area contributed by atoms with Gasteiger partial charge in [-0.05, 0) is 41.5 Å². The number of hydrogen-bond donors (Lipinski definition) is 0. The van der Waals surface area contributed by atoms with E-state index in [9.17, 15) is 0 Å². The van der Waals surface area contributed by atoms with Crippen LogP contribution in [0.15, 0.2) is 152 Å². The summed E-state index contributed by atoms with van der Waals surface area (Å²) in [6, 6.07) is 49.7. The van der Waals surface area contributed by atoms with Crippen LogP contribution in [0, 0.1) is 0 Å². The fraction of sp³-hybridized carbons (Fsp3) is 0. The summed E-state index contributed by atoms with van der Waals surface area (Å²) in [5.41, 5.74) is 7.63. The number of thiophene rings is 1. The minimum Gasteiger partial charge on any atom is -0.254 e. The first-order chi connectivity index (χ1) is 23.3. The van der Waals surface area contributed by atoms with Crippen LogP contribution in [0.5, 0.6) is 0 Å². The summed E-state index contributed by atoms with van der Waals surface area (Å²) in [6.07, 6.45) is 1.88. The van der Waals surface area contributed by atoms with Crippen molar-refractivity contribution in [2.75, 3.05) is 0 Å². The van der Waals surface area contributed by atoms with Gasteiger partial charge in [0.1, 0.15) is 0 Å². The molecular formula is C41H25N5S. The maximum absolute atomic E-state index is 5.15. The Hall–Kier alpha value is -6.11. The molecule has 4 aromatic heterocycles. The van der Waals surface area contributed by atoms with Crippen molar-refractivity contribution in [3.63, 3.8) is 0 Å². The van der Waals surface area contributed by atoms with Gasteiger partial charge in [-0.2, -0.15) is 0 Å². The second-order valence-corrected chi connectivity index (χ2v) is 12.4. The quantitative estimate of drug-likeness (QED) is 0.192. The van der Waals surface area contributed by atoms with Crippen molar-refractivity contribution in [1.29, 1.82) is 0 Å². The first-order valence-corrected chi connectivity index (χ1v) is 16.2. The van der Waals surface area contributed by atoms with Gasteiger partial charge < -0.3 is 0 Å². The summed E-state index contributed by atoms with van der Waals surface area (Å²) in [5.74, 6) is 1.91. The molecule has 0 N–H and O–H groups in total. The number of benzene rings is 5. The maximum Gasteiger partial charge on any atom is 0.164 e. The molecule has 0 saturated carbocycles. The van der Waals surface area contributed by atoms with E-state index in [4.69, 9.17) is 24.9 Å². The van der Waals surface area contributed by atoms with E-state index in [-0.39, 0.29) is 0 Å². The summed E-state index contributed by atoms with van der Waals surface area (Å²) < 4.78 is 2.47. The Balaban J connectivity index is 1.14. The molecule has 0 aliphatic rings. The highest BCUT2D eigenvalue weighted by molar-refractivity contribution is 7.25. The number of hydrogen-bond acceptors (Lipinski definition) is 6. The van der Waals surface area contributed by atoms with Crippen molar-refractivity contribution >= 4 is 42.4 Å². The molecule has 9 rings (SSSR count). The predicted molar refractivity (Wildman–Crippen MR) is 193 cm³/mol. The average molecular weight is 620 g/mol. The molecule has 0 spiro atoms. The monoisotopic (exact) mass is 619 g/mol. The van der Waals surface area contributed by atoms with Gasteiger partial charge in [0, 0.05) is 48.4 Å². The van der Waals surface area contributed by atoms with Crippen LogP contribution in [0.25, 0.3) is 87.8 Å². The molecule has 6 heteroatoms. The molecule has 4 heterocycles. The summed E-state index contributed by atoms with van der Waals surface area (Å²) in [4.78, 5) is 24.7. The van der Waals surface area contributed by atoms with E-state index in [1.165, 1.54) is 14.8 Å². The summed E-state index contributed by atoms with van der Waals surface area (Å²) in [7, 11) is 0. The molecule has 5 aromatic carbocycles. The molecule has 5 nitrogen and oxygen atoms in total. The standard InChI is InChI=1S/C41H25N5S/c1-3-10-27(11-4-1)39-44-40(28-12-5-2-6-13-28)46-41(45-39)31-15-9-14-29(24-31)30-19-18-26-20-21-33(43-34(26)25-30)38-37-32-16-7-8-17-35(32)47-36(37)22-23-42-38/h1-25H. The third-order valence-corrected chi connectivity index (χ3v) is 9.51. The number of pyridine rings is 2. The van der Waals surface area contributed by atoms with Gasteiger partial charge in [-0.15, -0.1) is 11.3 Å². The van der Waals surface area contributed by atoms with E-state index in [1.807, 2.05) is 66.9 Å². The third kappa shape index (κ3) is 5.01. The second kappa shape index (κ2) is 11.4. The van der Waals surface area contributed by atoms with Gasteiger partial charge in [-0.3, -0.25) is 4.98 Å². The average Bonchev–Trinajstić information content (AvgIpc) is 3.54. The van der Waals surface area contributed by atoms with Crippen molar-refractivity contribution in [3.8, 4) is 56.7 Å². The fourth-order valence-corrected chi connectivity index (χ4v) is 7.17. The summed E-state index contributed by atoms with van der Waals surface area (Å²) >= 11 is 1.79. The van der Waals surface area contributed by atoms with E-state index in [1.54, 1.807) is 11.3 Å². The van der Waals surface area contributed by atoms with Crippen molar-refractivity contribution in [3.05, 3.63) is 152 Å². The van der Waals surface area contributed by atoms with Gasteiger partial charge >= 0.3 is 0 Å². The van der Waals surface area contributed by atoms with Crippen molar-refractivity contribution in [2.45, 2.75) is 0 Å². The van der Waals surface area contributed by atoms with Gasteiger partial charge in [0.05, 0.1) is 16.9 Å². The van der Waals surface area contributed by atoms with E-state index in [0.717, 1.165) is 55.5 Å². The molecule has 0 unspecified atom stereocenters. The molecule has 9 aromatic rings. The smallest absolute Gasteiger partial charge is 0.164 e. The highest BCUT2D eigenvalue weighted by Crippen LogP contribution is 2.39. The zero-order valence-corrected chi connectivity index (χ0v) is 25.9. The lowest BCUT2D eigenvalue weighted by molar-refractivity contribution is 1.07. The molecule has 0 aliphatic carbocycles. The molecule has 0 bridgehead atoms. The van der Waals surface area contributed by atoms with Crippen LogP contribution in [-0.2, 0) is 0 Å². The van der Waals surface area contributed by atoms with Gasteiger partial charge in [0.15, 0.2) is 17.5 Å². The van der Waals surface area contributed by atoms with Crippen molar-refractivity contribution < 1.29 is 0 Å². The molecule has 220 valence electrons. The van der Waals surface area contributed by atoms with Gasteiger partial charge in [-0.1, -0.05) is 115 Å². The van der Waals surface area contributed by atoms with Crippen LogP contribution in [-0.4, -0.2) is 24.9 Å². The normalized spacial score (nSPS) is 11.4. The maximum atomic E-state index is 5.15. The zero-order valence-electron chi connectivity index (χ0n) is 25.1. The predicted octanol–water partition coefficient (Wildman–Crippen LogP) is 10.5. The van der Waals surface area contributed by atoms with Crippen LogP contribution in [0.2, 0.25) is 0 Å². The van der Waals surface area contributed by atoms with Crippen LogP contribution in [0.4, 0.5) is 0 Å². The van der Waals surface area contributed by atoms with Crippen molar-refractivity contribution in [2.24, 2.45) is 0 Å². The fourth-order valence-electron chi connectivity index (χ4n) is 6.07. The second-order valence-electron chi connectivity index (χ2n) is 11.4. The zero-order chi connectivity index (χ0) is 31.2. The number of aromatic nitrogens is 5. The Morgan fingerprint density at radius 3 is 1.81 bits per heavy atom. The minimum absolute atomic E-state index is 0.628. The van der Waals surface area contributed by atoms with Gasteiger partial charge in [-0.25, -0.2) is 19.9 Å². The Bertz CT molecular complexity index is 2520.